The molecular weight excluding hydrogens is 436 g/mol. The molecule has 0 amide bonds. The van der Waals surface area contributed by atoms with Crippen LogP contribution in [0.4, 0.5) is 0 Å². The van der Waals surface area contributed by atoms with Crippen LogP contribution in [0.15, 0.2) is 0 Å². The Balaban J connectivity index is 1.48. The maximum Gasteiger partial charge on any atom is 0.397 e. The van der Waals surface area contributed by atoms with E-state index in [9.17, 15) is 13.5 Å². The first-order valence-corrected chi connectivity index (χ1v) is 15.1. The van der Waals surface area contributed by atoms with E-state index in [1.54, 1.807) is 0 Å². The molecule has 4 aliphatic carbocycles. The molecular formula is C27H48O5S. The number of aliphatic hydroxyl groups excluding tert-OH is 1. The maximum absolute atomic E-state index is 11.3. The molecule has 33 heavy (non-hydrogen) atoms. The summed E-state index contributed by atoms with van der Waals surface area (Å²) in [4.78, 5) is 0. The number of fused-ring (bicyclic) bond motifs is 5. The fourth-order valence-corrected chi connectivity index (χ4v) is 10.1. The molecule has 0 radical (unpaired) electrons. The average Bonchev–Trinajstić information content (AvgIpc) is 3.05. The highest BCUT2D eigenvalue weighted by Crippen LogP contribution is 2.68. The van der Waals surface area contributed by atoms with Gasteiger partial charge in [0.2, 0.25) is 0 Å². The van der Waals surface area contributed by atoms with Crippen LogP contribution in [0.5, 0.6) is 0 Å². The van der Waals surface area contributed by atoms with Crippen LogP contribution in [-0.4, -0.2) is 30.3 Å². The second-order valence-corrected chi connectivity index (χ2v) is 14.3. The Kier molecular flexibility index (Phi) is 7.35. The molecule has 0 heterocycles. The number of rotatable bonds is 7. The molecule has 4 saturated carbocycles. The van der Waals surface area contributed by atoms with Crippen LogP contribution in [0.1, 0.15) is 105 Å². The predicted molar refractivity (Wildman–Crippen MR) is 131 cm³/mol. The Morgan fingerprint density at radius 1 is 0.909 bits per heavy atom. The van der Waals surface area contributed by atoms with E-state index in [0.717, 1.165) is 30.6 Å². The number of hydrogen-bond acceptors (Lipinski definition) is 4. The maximum atomic E-state index is 11.3. The molecule has 0 aromatic carbocycles. The molecule has 6 heteroatoms. The van der Waals surface area contributed by atoms with Crippen molar-refractivity contribution >= 4 is 10.4 Å². The van der Waals surface area contributed by atoms with Gasteiger partial charge in [0, 0.05) is 0 Å². The predicted octanol–water partition coefficient (Wildman–Crippen LogP) is 6.27. The van der Waals surface area contributed by atoms with E-state index < -0.39 is 22.6 Å². The smallest absolute Gasteiger partial charge is 0.393 e. The lowest BCUT2D eigenvalue weighted by Crippen LogP contribution is -2.58. The third kappa shape index (κ3) is 4.93. The Morgan fingerprint density at radius 2 is 1.58 bits per heavy atom. The van der Waals surface area contributed by atoms with Crippen LogP contribution in [-0.2, 0) is 14.6 Å². The van der Waals surface area contributed by atoms with Gasteiger partial charge < -0.3 is 5.11 Å². The van der Waals surface area contributed by atoms with Gasteiger partial charge in [-0.2, -0.15) is 8.42 Å². The first kappa shape index (κ1) is 25.9. The van der Waals surface area contributed by atoms with Crippen molar-refractivity contribution < 1.29 is 22.3 Å². The summed E-state index contributed by atoms with van der Waals surface area (Å²) in [6.45, 7) is 12.1. The van der Waals surface area contributed by atoms with Crippen molar-refractivity contribution in [2.24, 2.45) is 52.3 Å². The molecule has 0 aromatic rings. The molecule has 4 aliphatic rings. The minimum absolute atomic E-state index is 0.0315. The summed E-state index contributed by atoms with van der Waals surface area (Å²) in [5.41, 5.74) is 0.427. The molecule has 0 aliphatic heterocycles. The monoisotopic (exact) mass is 484 g/mol. The molecule has 4 fully saturated rings. The summed E-state index contributed by atoms with van der Waals surface area (Å²) in [7, 11) is -4.45. The van der Waals surface area contributed by atoms with Gasteiger partial charge in [-0.1, -0.05) is 53.9 Å². The van der Waals surface area contributed by atoms with Gasteiger partial charge in [0.1, 0.15) is 0 Å². The quantitative estimate of drug-likeness (QED) is 0.416. The topological polar surface area (TPSA) is 83.8 Å². The van der Waals surface area contributed by atoms with Crippen molar-refractivity contribution in [1.82, 2.24) is 0 Å². The molecule has 0 saturated heterocycles. The molecule has 2 N–H and O–H groups in total. The highest BCUT2D eigenvalue weighted by molar-refractivity contribution is 7.80. The number of aliphatic hydroxyl groups is 1. The second-order valence-electron chi connectivity index (χ2n) is 13.2. The largest absolute Gasteiger partial charge is 0.397 e. The highest BCUT2D eigenvalue weighted by atomic mass is 32.3. The van der Waals surface area contributed by atoms with Gasteiger partial charge in [-0.3, -0.25) is 4.55 Å². The number of hydrogen-bond donors (Lipinski definition) is 2. The molecule has 10 atom stereocenters. The van der Waals surface area contributed by atoms with Crippen LogP contribution >= 0.6 is 0 Å². The van der Waals surface area contributed by atoms with Crippen LogP contribution in [0.25, 0.3) is 0 Å². The van der Waals surface area contributed by atoms with Gasteiger partial charge in [-0.05, 0) is 104 Å². The Morgan fingerprint density at radius 3 is 2.24 bits per heavy atom. The van der Waals surface area contributed by atoms with Crippen LogP contribution in [0.3, 0.4) is 0 Å². The lowest BCUT2D eigenvalue weighted by Gasteiger charge is -2.62. The van der Waals surface area contributed by atoms with Crippen molar-refractivity contribution in [2.75, 3.05) is 0 Å². The first-order chi connectivity index (χ1) is 15.3. The van der Waals surface area contributed by atoms with Gasteiger partial charge in [-0.25, -0.2) is 4.18 Å². The fraction of sp³-hybridized carbons (Fsp3) is 1.00. The van der Waals surface area contributed by atoms with Crippen LogP contribution in [0.2, 0.25) is 0 Å². The van der Waals surface area contributed by atoms with E-state index in [0.29, 0.717) is 36.0 Å². The van der Waals surface area contributed by atoms with Gasteiger partial charge in [-0.15, -0.1) is 0 Å². The lowest BCUT2D eigenvalue weighted by molar-refractivity contribution is -0.170. The van der Waals surface area contributed by atoms with Gasteiger partial charge >= 0.3 is 10.4 Å². The molecule has 192 valence electrons. The minimum Gasteiger partial charge on any atom is -0.393 e. The zero-order valence-corrected chi connectivity index (χ0v) is 22.3. The van der Waals surface area contributed by atoms with E-state index in [2.05, 4.69) is 34.6 Å². The van der Waals surface area contributed by atoms with Crippen LogP contribution in [0, 0.1) is 52.3 Å². The Labute approximate surface area is 202 Å². The summed E-state index contributed by atoms with van der Waals surface area (Å²) in [6.07, 6.45) is 11.1. The molecule has 0 spiro atoms. The van der Waals surface area contributed by atoms with Crippen LogP contribution < -0.4 is 0 Å². The zero-order chi connectivity index (χ0) is 24.2. The van der Waals surface area contributed by atoms with Crippen molar-refractivity contribution in [3.63, 3.8) is 0 Å². The summed E-state index contributed by atoms with van der Waals surface area (Å²) >= 11 is 0. The second kappa shape index (κ2) is 9.37. The van der Waals surface area contributed by atoms with Gasteiger partial charge in [0.05, 0.1) is 12.2 Å². The Hall–Kier alpha value is -0.170. The average molecular weight is 485 g/mol. The molecule has 0 aromatic heterocycles. The van der Waals surface area contributed by atoms with Crippen molar-refractivity contribution in [3.05, 3.63) is 0 Å². The standard InChI is InChI=1S/C27H48O5S/c1-17(2)7-6-8-18(3)21-9-10-22-20-16-25(28)24-15-19(32-33(29,30)31)11-13-27(24,5)23(20)12-14-26(21,22)4/h17-25,28H,6-16H2,1-5H3,(H,29,30,31)/t18-,19-,20-,21+,22-,23-,24+,25-,26+,27+/m0/s1. The summed E-state index contributed by atoms with van der Waals surface area (Å²) in [5.74, 6) is 4.30. The van der Waals surface area contributed by atoms with E-state index in [1.165, 1.54) is 44.9 Å². The summed E-state index contributed by atoms with van der Waals surface area (Å²) in [5, 5.41) is 11.3. The molecule has 0 bridgehead atoms. The van der Waals surface area contributed by atoms with E-state index in [1.807, 2.05) is 0 Å². The third-order valence-electron chi connectivity index (χ3n) is 11.1. The SMILES string of the molecule is CC(C)CCC[C@H](C)[C@H]1CC[C@H]2[C@@H]3C[C@H](O)[C@H]4C[C@@H](OS(=O)(=O)O)CC[C@]4(C)[C@H]3CC[C@]12C. The summed E-state index contributed by atoms with van der Waals surface area (Å²) in [6, 6.07) is 0. The molecule has 4 rings (SSSR count). The lowest BCUT2D eigenvalue weighted by atomic mass is 9.44. The summed E-state index contributed by atoms with van der Waals surface area (Å²) < 4.78 is 36.6. The van der Waals surface area contributed by atoms with Crippen molar-refractivity contribution in [3.8, 4) is 0 Å². The zero-order valence-electron chi connectivity index (χ0n) is 21.5. The van der Waals surface area contributed by atoms with Gasteiger partial charge in [0.25, 0.3) is 0 Å². The van der Waals surface area contributed by atoms with Crippen molar-refractivity contribution in [1.29, 1.82) is 0 Å². The fourth-order valence-electron chi connectivity index (χ4n) is 9.55. The normalized spacial score (nSPS) is 46.5. The highest BCUT2D eigenvalue weighted by Gasteiger charge is 2.62. The van der Waals surface area contributed by atoms with Crippen molar-refractivity contribution in [2.45, 2.75) is 117 Å². The first-order valence-electron chi connectivity index (χ1n) is 13.7. The Bertz CT molecular complexity index is 796. The third-order valence-corrected chi connectivity index (χ3v) is 11.6. The van der Waals surface area contributed by atoms with E-state index in [4.69, 9.17) is 8.74 Å². The molecule has 0 unspecified atom stereocenters. The minimum atomic E-state index is -4.45. The van der Waals surface area contributed by atoms with Gasteiger partial charge in [0.15, 0.2) is 0 Å². The van der Waals surface area contributed by atoms with E-state index in [-0.39, 0.29) is 11.3 Å². The van der Waals surface area contributed by atoms with E-state index >= 15 is 0 Å². The molecule has 5 nitrogen and oxygen atoms in total.